The van der Waals surface area contributed by atoms with Gasteiger partial charge in [-0.05, 0) is 13.0 Å². The molecule has 0 saturated heterocycles. The van der Waals surface area contributed by atoms with E-state index in [1.807, 2.05) is 6.92 Å². The first-order valence-corrected chi connectivity index (χ1v) is 5.90. The second-order valence-electron chi connectivity index (χ2n) is 3.62. The summed E-state index contributed by atoms with van der Waals surface area (Å²) < 4.78 is 20.3. The third-order valence-corrected chi connectivity index (χ3v) is 2.46. The molecule has 0 fully saturated rings. The van der Waals surface area contributed by atoms with Crippen molar-refractivity contribution in [1.82, 2.24) is 0 Å². The lowest BCUT2D eigenvalue weighted by Crippen LogP contribution is -2.13. The Morgan fingerprint density at radius 3 is 2.53 bits per heavy atom. The van der Waals surface area contributed by atoms with Gasteiger partial charge in [0, 0.05) is 12.7 Å². The van der Waals surface area contributed by atoms with E-state index in [9.17, 15) is 4.79 Å². The number of methoxy groups -OCH3 is 2. The van der Waals surface area contributed by atoms with Crippen LogP contribution in [0.15, 0.2) is 12.1 Å². The summed E-state index contributed by atoms with van der Waals surface area (Å²) in [7, 11) is 2.96. The fourth-order valence-corrected chi connectivity index (χ4v) is 1.47. The van der Waals surface area contributed by atoms with Crippen molar-refractivity contribution in [3.05, 3.63) is 17.7 Å². The van der Waals surface area contributed by atoms with Gasteiger partial charge in [0.1, 0.15) is 18.1 Å². The van der Waals surface area contributed by atoms with Gasteiger partial charge in [-0.3, -0.25) is 0 Å². The number of benzene rings is 1. The summed E-state index contributed by atoms with van der Waals surface area (Å²) in [5, 5.41) is 0. The summed E-state index contributed by atoms with van der Waals surface area (Å²) in [6.45, 7) is 2.97. The number of rotatable bonds is 7. The molecular weight excluding hydrogens is 250 g/mol. The molecular formula is C13H19NO5. The van der Waals surface area contributed by atoms with Gasteiger partial charge < -0.3 is 24.7 Å². The highest BCUT2D eigenvalue weighted by molar-refractivity contribution is 5.97. The van der Waals surface area contributed by atoms with E-state index in [1.165, 1.54) is 20.3 Å². The van der Waals surface area contributed by atoms with Crippen LogP contribution in [-0.4, -0.2) is 40.0 Å². The van der Waals surface area contributed by atoms with Crippen molar-refractivity contribution in [3.8, 4) is 11.5 Å². The van der Waals surface area contributed by atoms with Gasteiger partial charge in [0.15, 0.2) is 0 Å². The van der Waals surface area contributed by atoms with Crippen LogP contribution in [0.4, 0.5) is 5.69 Å². The van der Waals surface area contributed by atoms with E-state index < -0.39 is 5.97 Å². The zero-order chi connectivity index (χ0) is 14.3. The Kier molecular flexibility index (Phi) is 5.95. The highest BCUT2D eigenvalue weighted by Crippen LogP contribution is 2.31. The van der Waals surface area contributed by atoms with Gasteiger partial charge in [0.05, 0.1) is 32.1 Å². The van der Waals surface area contributed by atoms with Crippen LogP contribution in [0.2, 0.25) is 0 Å². The molecule has 19 heavy (non-hydrogen) atoms. The molecule has 1 aromatic rings. The molecule has 0 saturated carbocycles. The third kappa shape index (κ3) is 4.03. The van der Waals surface area contributed by atoms with E-state index >= 15 is 0 Å². The molecule has 0 atom stereocenters. The van der Waals surface area contributed by atoms with Gasteiger partial charge in [0.2, 0.25) is 0 Å². The first-order chi connectivity index (χ1) is 9.13. The molecule has 6 nitrogen and oxygen atoms in total. The number of anilines is 1. The third-order valence-electron chi connectivity index (χ3n) is 2.46. The van der Waals surface area contributed by atoms with Gasteiger partial charge in [-0.2, -0.15) is 0 Å². The highest BCUT2D eigenvalue weighted by atomic mass is 16.6. The Hall–Kier alpha value is -1.95. The highest BCUT2D eigenvalue weighted by Gasteiger charge is 2.17. The number of carbonyl (C=O) groups excluding carboxylic acids is 1. The number of ether oxygens (including phenoxy) is 4. The molecule has 0 aliphatic heterocycles. The molecule has 0 aromatic heterocycles. The zero-order valence-electron chi connectivity index (χ0n) is 11.4. The standard InChI is InChI=1S/C13H19NO5/c1-4-18-5-6-19-13(15)10-7-9(16-2)8-11(17-3)12(10)14/h7-8H,4-6,14H2,1-3H3. The SMILES string of the molecule is CCOCCOC(=O)c1cc(OC)cc(OC)c1N. The minimum atomic E-state index is -0.533. The molecule has 106 valence electrons. The monoisotopic (exact) mass is 269 g/mol. The number of nitrogen functional groups attached to an aromatic ring is 1. The molecule has 0 radical (unpaired) electrons. The second kappa shape index (κ2) is 7.48. The maximum absolute atomic E-state index is 11.9. The Morgan fingerprint density at radius 1 is 1.21 bits per heavy atom. The number of esters is 1. The fraction of sp³-hybridized carbons (Fsp3) is 0.462. The van der Waals surface area contributed by atoms with Gasteiger partial charge in [-0.15, -0.1) is 0 Å². The number of hydrogen-bond acceptors (Lipinski definition) is 6. The fourth-order valence-electron chi connectivity index (χ4n) is 1.47. The minimum absolute atomic E-state index is 0.172. The first kappa shape index (κ1) is 15.1. The van der Waals surface area contributed by atoms with Crippen molar-refractivity contribution >= 4 is 11.7 Å². The molecule has 0 heterocycles. The smallest absolute Gasteiger partial charge is 0.340 e. The summed E-state index contributed by atoms with van der Waals surface area (Å²) in [4.78, 5) is 11.9. The Labute approximate surface area is 112 Å². The molecule has 0 spiro atoms. The van der Waals surface area contributed by atoms with Gasteiger partial charge in [0.25, 0.3) is 0 Å². The lowest BCUT2D eigenvalue weighted by atomic mass is 10.1. The summed E-state index contributed by atoms with van der Waals surface area (Å²) in [5.41, 5.74) is 6.28. The van der Waals surface area contributed by atoms with E-state index in [1.54, 1.807) is 6.07 Å². The van der Waals surface area contributed by atoms with Crippen molar-refractivity contribution in [1.29, 1.82) is 0 Å². The van der Waals surface area contributed by atoms with Gasteiger partial charge in [-0.1, -0.05) is 0 Å². The van der Waals surface area contributed by atoms with Crippen molar-refractivity contribution < 1.29 is 23.7 Å². The lowest BCUT2D eigenvalue weighted by molar-refractivity contribution is 0.0336. The minimum Gasteiger partial charge on any atom is -0.497 e. The molecule has 1 aromatic carbocycles. The predicted molar refractivity (Wildman–Crippen MR) is 70.7 cm³/mol. The van der Waals surface area contributed by atoms with Crippen LogP contribution in [0, 0.1) is 0 Å². The Bertz CT molecular complexity index is 433. The van der Waals surface area contributed by atoms with E-state index in [0.717, 1.165) is 0 Å². The van der Waals surface area contributed by atoms with Crippen molar-refractivity contribution in [2.45, 2.75) is 6.92 Å². The van der Waals surface area contributed by atoms with Crippen LogP contribution in [0.1, 0.15) is 17.3 Å². The summed E-state index contributed by atoms with van der Waals surface area (Å²) in [5.74, 6) is 0.313. The molecule has 0 bridgehead atoms. The topological polar surface area (TPSA) is 80.0 Å². The number of nitrogens with two attached hydrogens (primary N) is 1. The van der Waals surface area contributed by atoms with E-state index in [4.69, 9.17) is 24.7 Å². The van der Waals surface area contributed by atoms with Crippen LogP contribution in [-0.2, 0) is 9.47 Å². The van der Waals surface area contributed by atoms with Crippen molar-refractivity contribution in [3.63, 3.8) is 0 Å². The predicted octanol–water partition coefficient (Wildman–Crippen LogP) is 1.48. The molecule has 0 aliphatic rings. The molecule has 0 unspecified atom stereocenters. The van der Waals surface area contributed by atoms with Crippen molar-refractivity contribution in [2.75, 3.05) is 39.8 Å². The lowest BCUT2D eigenvalue weighted by Gasteiger charge is -2.12. The molecule has 2 N–H and O–H groups in total. The summed E-state index contributed by atoms with van der Waals surface area (Å²) in [6.07, 6.45) is 0. The normalized spacial score (nSPS) is 10.1. The van der Waals surface area contributed by atoms with Gasteiger partial charge >= 0.3 is 5.97 Å². The van der Waals surface area contributed by atoms with Gasteiger partial charge in [-0.25, -0.2) is 4.79 Å². The van der Waals surface area contributed by atoms with Crippen LogP contribution < -0.4 is 15.2 Å². The van der Waals surface area contributed by atoms with Crippen LogP contribution in [0.5, 0.6) is 11.5 Å². The molecule has 6 heteroatoms. The van der Waals surface area contributed by atoms with E-state index in [-0.39, 0.29) is 17.9 Å². The zero-order valence-corrected chi connectivity index (χ0v) is 11.4. The maximum atomic E-state index is 11.9. The largest absolute Gasteiger partial charge is 0.497 e. The van der Waals surface area contributed by atoms with Crippen molar-refractivity contribution in [2.24, 2.45) is 0 Å². The van der Waals surface area contributed by atoms with E-state index in [0.29, 0.717) is 24.7 Å². The van der Waals surface area contributed by atoms with Crippen LogP contribution in [0.3, 0.4) is 0 Å². The summed E-state index contributed by atoms with van der Waals surface area (Å²) >= 11 is 0. The molecule has 0 amide bonds. The number of carbonyl (C=O) groups is 1. The van der Waals surface area contributed by atoms with Crippen LogP contribution in [0.25, 0.3) is 0 Å². The maximum Gasteiger partial charge on any atom is 0.340 e. The second-order valence-corrected chi connectivity index (χ2v) is 3.62. The average Bonchev–Trinajstić information content (AvgIpc) is 2.43. The Morgan fingerprint density at radius 2 is 1.95 bits per heavy atom. The quantitative estimate of drug-likeness (QED) is 0.459. The van der Waals surface area contributed by atoms with E-state index in [2.05, 4.69) is 0 Å². The molecule has 1 rings (SSSR count). The Balaban J connectivity index is 2.83. The average molecular weight is 269 g/mol. The summed E-state index contributed by atoms with van der Waals surface area (Å²) in [6, 6.07) is 3.12. The number of hydrogen-bond donors (Lipinski definition) is 1. The first-order valence-electron chi connectivity index (χ1n) is 5.90. The van der Waals surface area contributed by atoms with Crippen LogP contribution >= 0.6 is 0 Å². The molecule has 0 aliphatic carbocycles.